The predicted octanol–water partition coefficient (Wildman–Crippen LogP) is 8.35. The molecule has 1 radical (unpaired) electrons. The fraction of sp³-hybridized carbons (Fsp3) is 0.189. The van der Waals surface area contributed by atoms with E-state index in [-0.39, 0.29) is 5.66 Å². The van der Waals surface area contributed by atoms with Crippen LogP contribution >= 0.6 is 0 Å². The predicted molar refractivity (Wildman–Crippen MR) is 174 cm³/mol. The summed E-state index contributed by atoms with van der Waals surface area (Å²) in [6.07, 6.45) is 8.77. The van der Waals surface area contributed by atoms with Gasteiger partial charge in [-0.05, 0) is 79.9 Å². The van der Waals surface area contributed by atoms with Crippen LogP contribution in [0.3, 0.4) is 0 Å². The maximum atomic E-state index is 9.40. The highest BCUT2D eigenvalue weighted by Gasteiger charge is 2.37. The number of aryl methyl sites for hydroxylation is 2. The van der Waals surface area contributed by atoms with E-state index < -0.39 is 0 Å². The minimum absolute atomic E-state index is 0.323. The van der Waals surface area contributed by atoms with Crippen LogP contribution < -0.4 is 10.6 Å². The monoisotopic (exact) mass is 561 g/mol. The molecule has 6 aromatic rings. The van der Waals surface area contributed by atoms with Gasteiger partial charge in [-0.25, -0.2) is 4.98 Å². The molecule has 6 heteroatoms. The van der Waals surface area contributed by atoms with Crippen LogP contribution in [-0.2, 0) is 6.42 Å². The zero-order valence-electron chi connectivity index (χ0n) is 24.6. The molecule has 0 aliphatic carbocycles. The summed E-state index contributed by atoms with van der Waals surface area (Å²) in [5, 5.41) is 18.5. The number of hydrogen-bond acceptors (Lipinski definition) is 4. The van der Waals surface area contributed by atoms with E-state index in [0.717, 1.165) is 58.9 Å². The van der Waals surface area contributed by atoms with Crippen molar-refractivity contribution in [3.63, 3.8) is 0 Å². The van der Waals surface area contributed by atoms with Gasteiger partial charge in [-0.2, -0.15) is 5.26 Å². The van der Waals surface area contributed by atoms with E-state index in [1.54, 1.807) is 6.07 Å². The standard InChI is InChI=1S/C37H33N6/c1-4-16-37(23-28-8-6-10-34-32(28)15-18-42(34)31-9-5-7-27(21-31)24-38)40-33-22-29(20-26(3)35(33)41-37)36-39-17-19-43(36)30-13-11-25(2)12-14-30/h5-8,10-15,17-22,40-41H,4,16,23H2,1-3H3. The van der Waals surface area contributed by atoms with Gasteiger partial charge in [0.15, 0.2) is 0 Å². The molecule has 2 aromatic heterocycles. The smallest absolute Gasteiger partial charge is 0.144 e. The summed E-state index contributed by atoms with van der Waals surface area (Å²) >= 11 is 0. The molecule has 0 amide bonds. The van der Waals surface area contributed by atoms with Crippen molar-refractivity contribution >= 4 is 22.3 Å². The molecule has 7 rings (SSSR count). The SMILES string of the molecule is CCCC1(Cc2cccc3c2ccn3-c2[c]ccc(C#N)c2)Nc2cc(-c3nccn3-c3ccc(C)cc3)cc(C)c2N1. The second-order valence-corrected chi connectivity index (χ2v) is 11.5. The Morgan fingerprint density at radius 3 is 2.63 bits per heavy atom. The highest BCUT2D eigenvalue weighted by atomic mass is 15.3. The summed E-state index contributed by atoms with van der Waals surface area (Å²) in [4.78, 5) is 4.76. The molecule has 1 unspecified atom stereocenters. The summed E-state index contributed by atoms with van der Waals surface area (Å²) in [5.74, 6) is 0.924. The van der Waals surface area contributed by atoms with E-state index in [4.69, 9.17) is 4.98 Å². The van der Waals surface area contributed by atoms with Crippen molar-refractivity contribution in [1.82, 2.24) is 14.1 Å². The van der Waals surface area contributed by atoms with Crippen LogP contribution in [0.4, 0.5) is 11.4 Å². The third kappa shape index (κ3) is 4.73. The number of hydrogen-bond donors (Lipinski definition) is 2. The lowest BCUT2D eigenvalue weighted by molar-refractivity contribution is 0.491. The van der Waals surface area contributed by atoms with Gasteiger partial charge in [0, 0.05) is 47.7 Å². The fourth-order valence-electron chi connectivity index (χ4n) is 6.45. The first-order valence-electron chi connectivity index (χ1n) is 14.8. The zero-order chi connectivity index (χ0) is 29.6. The van der Waals surface area contributed by atoms with Crippen LogP contribution in [0.2, 0.25) is 0 Å². The summed E-state index contributed by atoms with van der Waals surface area (Å²) in [6.45, 7) is 6.51. The van der Waals surface area contributed by atoms with Crippen molar-refractivity contribution in [3.05, 3.63) is 126 Å². The van der Waals surface area contributed by atoms with Crippen LogP contribution in [0.25, 0.3) is 33.7 Å². The average Bonchev–Trinajstić information content (AvgIpc) is 3.76. The maximum Gasteiger partial charge on any atom is 0.144 e. The van der Waals surface area contributed by atoms with Gasteiger partial charge in [-0.1, -0.05) is 49.2 Å². The lowest BCUT2D eigenvalue weighted by atomic mass is 9.93. The van der Waals surface area contributed by atoms with Gasteiger partial charge in [0.25, 0.3) is 0 Å². The molecule has 0 saturated heterocycles. The van der Waals surface area contributed by atoms with Gasteiger partial charge < -0.3 is 15.2 Å². The van der Waals surface area contributed by atoms with Crippen LogP contribution in [0.5, 0.6) is 0 Å². The molecule has 3 heterocycles. The van der Waals surface area contributed by atoms with Crippen LogP contribution in [0.15, 0.2) is 97.5 Å². The Balaban J connectivity index is 1.23. The number of rotatable bonds is 7. The largest absolute Gasteiger partial charge is 0.361 e. The van der Waals surface area contributed by atoms with Crippen molar-refractivity contribution in [2.75, 3.05) is 10.6 Å². The van der Waals surface area contributed by atoms with Gasteiger partial charge in [-0.15, -0.1) is 0 Å². The van der Waals surface area contributed by atoms with E-state index in [0.29, 0.717) is 5.56 Å². The lowest BCUT2D eigenvalue weighted by Crippen LogP contribution is -2.44. The maximum absolute atomic E-state index is 9.40. The van der Waals surface area contributed by atoms with Crippen molar-refractivity contribution in [1.29, 1.82) is 5.26 Å². The molecule has 1 aliphatic rings. The number of aromatic nitrogens is 3. The third-order valence-electron chi connectivity index (χ3n) is 8.45. The highest BCUT2D eigenvalue weighted by molar-refractivity contribution is 5.87. The minimum Gasteiger partial charge on any atom is -0.361 e. The van der Waals surface area contributed by atoms with Gasteiger partial charge in [0.05, 0.1) is 34.2 Å². The molecular formula is C37H33N6. The molecule has 0 bridgehead atoms. The van der Waals surface area contributed by atoms with Crippen molar-refractivity contribution < 1.29 is 0 Å². The Kier molecular flexibility index (Phi) is 6.51. The summed E-state index contributed by atoms with van der Waals surface area (Å²) in [5.41, 5.74) is 10.4. The number of nitrogens with one attached hydrogen (secondary N) is 2. The van der Waals surface area contributed by atoms with Gasteiger partial charge in [0.2, 0.25) is 0 Å². The summed E-state index contributed by atoms with van der Waals surface area (Å²) < 4.78 is 4.26. The molecule has 4 aromatic carbocycles. The van der Waals surface area contributed by atoms with Crippen molar-refractivity contribution in [2.45, 2.75) is 45.7 Å². The average molecular weight is 562 g/mol. The third-order valence-corrected chi connectivity index (χ3v) is 8.45. The number of nitrogens with zero attached hydrogens (tertiary/aromatic N) is 4. The van der Waals surface area contributed by atoms with E-state index >= 15 is 0 Å². The van der Waals surface area contributed by atoms with E-state index in [1.807, 2.05) is 24.5 Å². The Morgan fingerprint density at radius 2 is 1.81 bits per heavy atom. The Hall–Kier alpha value is -5.28. The normalized spacial score (nSPS) is 15.6. The summed E-state index contributed by atoms with van der Waals surface area (Å²) in [6, 6.07) is 32.7. The number of benzene rings is 4. The first-order chi connectivity index (χ1) is 21.0. The van der Waals surface area contributed by atoms with Gasteiger partial charge >= 0.3 is 0 Å². The topological polar surface area (TPSA) is 70.6 Å². The first kappa shape index (κ1) is 26.6. The molecule has 6 nitrogen and oxygen atoms in total. The van der Waals surface area contributed by atoms with Crippen LogP contribution in [0.1, 0.15) is 42.0 Å². The van der Waals surface area contributed by atoms with Gasteiger partial charge in [0.1, 0.15) is 11.5 Å². The molecule has 211 valence electrons. The molecule has 0 spiro atoms. The van der Waals surface area contributed by atoms with Crippen LogP contribution in [0, 0.1) is 31.2 Å². The molecule has 43 heavy (non-hydrogen) atoms. The number of fused-ring (bicyclic) bond motifs is 2. The quantitative estimate of drug-likeness (QED) is 0.205. The lowest BCUT2D eigenvalue weighted by Gasteiger charge is -2.31. The second-order valence-electron chi connectivity index (χ2n) is 11.5. The van der Waals surface area contributed by atoms with E-state index in [1.165, 1.54) is 22.1 Å². The molecular weight excluding hydrogens is 528 g/mol. The van der Waals surface area contributed by atoms with E-state index in [9.17, 15) is 5.26 Å². The van der Waals surface area contributed by atoms with Gasteiger partial charge in [-0.3, -0.25) is 4.57 Å². The molecule has 0 fully saturated rings. The fourth-order valence-corrected chi connectivity index (χ4v) is 6.45. The minimum atomic E-state index is -0.323. The Labute approximate surface area is 252 Å². The molecule has 2 N–H and O–H groups in total. The van der Waals surface area contributed by atoms with Crippen molar-refractivity contribution in [3.8, 4) is 28.8 Å². The number of imidazole rings is 1. The van der Waals surface area contributed by atoms with Crippen LogP contribution in [-0.4, -0.2) is 19.8 Å². The molecule has 0 saturated carbocycles. The molecule has 1 atom stereocenters. The Morgan fingerprint density at radius 1 is 0.953 bits per heavy atom. The molecule has 1 aliphatic heterocycles. The number of anilines is 2. The van der Waals surface area contributed by atoms with E-state index in [2.05, 4.69) is 120 Å². The second kappa shape index (κ2) is 10.5. The van der Waals surface area contributed by atoms with Crippen molar-refractivity contribution in [2.24, 2.45) is 0 Å². The Bertz CT molecular complexity index is 2010. The summed E-state index contributed by atoms with van der Waals surface area (Å²) in [7, 11) is 0. The number of nitriles is 1. The highest BCUT2D eigenvalue weighted by Crippen LogP contribution is 2.43. The zero-order valence-corrected chi connectivity index (χ0v) is 24.6. The first-order valence-corrected chi connectivity index (χ1v) is 14.8.